The molecule has 0 spiro atoms. The molecule has 0 saturated carbocycles. The number of halogens is 1. The molecule has 0 unspecified atom stereocenters. The minimum Gasteiger partial charge on any atom is -0.322 e. The molecular formula is C9H7ClN4O. The Kier molecular flexibility index (Phi) is 3.66. The summed E-state index contributed by atoms with van der Waals surface area (Å²) in [6.07, 6.45) is 0. The lowest BCUT2D eigenvalue weighted by atomic mass is 10.3. The average Bonchev–Trinajstić information content (AvgIpc) is 2.19. The zero-order valence-electron chi connectivity index (χ0n) is 7.57. The normalized spacial score (nSPS) is 10.5. The second kappa shape index (κ2) is 4.98. The van der Waals surface area contributed by atoms with E-state index in [2.05, 4.69) is 10.4 Å². The van der Waals surface area contributed by atoms with E-state index in [-0.39, 0.29) is 0 Å². The fourth-order valence-electron chi connectivity index (χ4n) is 0.895. The summed E-state index contributed by atoms with van der Waals surface area (Å²) in [6.45, 7) is 0. The first kappa shape index (κ1) is 11.0. The molecular weight excluding hydrogens is 216 g/mol. The predicted molar refractivity (Wildman–Crippen MR) is 57.3 cm³/mol. The number of rotatable bonds is 2. The molecule has 0 heterocycles. The van der Waals surface area contributed by atoms with Gasteiger partial charge in [-0.1, -0.05) is 17.7 Å². The van der Waals surface area contributed by atoms with Gasteiger partial charge in [-0.05, 0) is 18.2 Å². The molecule has 0 aromatic heterocycles. The number of nitrogens with zero attached hydrogens (tertiary/aromatic N) is 2. The van der Waals surface area contributed by atoms with Crippen LogP contribution in [0.5, 0.6) is 0 Å². The quantitative estimate of drug-likeness (QED) is 0.446. The SMILES string of the molecule is N#CC(=NN)C(=O)Nc1cccc(Cl)c1. The van der Waals surface area contributed by atoms with Gasteiger partial charge in [-0.25, -0.2) is 0 Å². The Hall–Kier alpha value is -2.06. The monoisotopic (exact) mass is 222 g/mol. The number of carbonyl (C=O) groups excluding carboxylic acids is 1. The van der Waals surface area contributed by atoms with Gasteiger partial charge in [-0.15, -0.1) is 0 Å². The van der Waals surface area contributed by atoms with Gasteiger partial charge in [-0.3, -0.25) is 4.79 Å². The summed E-state index contributed by atoms with van der Waals surface area (Å²) in [6, 6.07) is 8.08. The van der Waals surface area contributed by atoms with Gasteiger partial charge in [0.25, 0.3) is 5.91 Å². The smallest absolute Gasteiger partial charge is 0.286 e. The van der Waals surface area contributed by atoms with Crippen LogP contribution in [-0.2, 0) is 4.79 Å². The first-order valence-corrected chi connectivity index (χ1v) is 4.30. The molecule has 0 atom stereocenters. The highest BCUT2D eigenvalue weighted by molar-refractivity contribution is 6.48. The summed E-state index contributed by atoms with van der Waals surface area (Å²) in [5.74, 6) is 4.18. The van der Waals surface area contributed by atoms with E-state index in [0.717, 1.165) is 0 Å². The standard InChI is InChI=1S/C9H7ClN4O/c10-6-2-1-3-7(4-6)13-9(15)8(5-11)14-12/h1-4H,12H2,(H,13,15). The third-order valence-corrected chi connectivity index (χ3v) is 1.77. The van der Waals surface area contributed by atoms with Crippen molar-refractivity contribution < 1.29 is 4.79 Å². The van der Waals surface area contributed by atoms with E-state index in [1.165, 1.54) is 0 Å². The molecule has 15 heavy (non-hydrogen) atoms. The summed E-state index contributed by atoms with van der Waals surface area (Å²) in [5.41, 5.74) is 0.0823. The van der Waals surface area contributed by atoms with Gasteiger partial charge in [-0.2, -0.15) is 10.4 Å². The zero-order valence-corrected chi connectivity index (χ0v) is 8.32. The van der Waals surface area contributed by atoms with Crippen molar-refractivity contribution in [2.24, 2.45) is 10.9 Å². The molecule has 1 aromatic rings. The van der Waals surface area contributed by atoms with Crippen LogP contribution < -0.4 is 11.2 Å². The van der Waals surface area contributed by atoms with E-state index in [1.807, 2.05) is 0 Å². The third-order valence-electron chi connectivity index (χ3n) is 1.53. The number of carbonyl (C=O) groups is 1. The lowest BCUT2D eigenvalue weighted by Gasteiger charge is -2.02. The Labute approximate surface area is 91.1 Å². The lowest BCUT2D eigenvalue weighted by molar-refractivity contribution is -0.110. The van der Waals surface area contributed by atoms with Crippen LogP contribution in [0, 0.1) is 11.3 Å². The number of benzene rings is 1. The van der Waals surface area contributed by atoms with Crippen LogP contribution in [0.1, 0.15) is 0 Å². The molecule has 76 valence electrons. The fourth-order valence-corrected chi connectivity index (χ4v) is 1.09. The lowest BCUT2D eigenvalue weighted by Crippen LogP contribution is -2.22. The highest BCUT2D eigenvalue weighted by Gasteiger charge is 2.10. The van der Waals surface area contributed by atoms with Crippen molar-refractivity contribution >= 4 is 28.9 Å². The molecule has 0 aliphatic heterocycles. The van der Waals surface area contributed by atoms with Crippen LogP contribution in [-0.4, -0.2) is 11.6 Å². The number of hydrogen-bond acceptors (Lipinski definition) is 4. The first-order valence-electron chi connectivity index (χ1n) is 3.92. The van der Waals surface area contributed by atoms with Crippen molar-refractivity contribution in [3.63, 3.8) is 0 Å². The maximum atomic E-state index is 11.3. The second-order valence-electron chi connectivity index (χ2n) is 2.55. The fraction of sp³-hybridized carbons (Fsp3) is 0. The van der Waals surface area contributed by atoms with Crippen molar-refractivity contribution in [1.29, 1.82) is 5.26 Å². The minimum absolute atomic E-state index is 0.394. The number of hydrazone groups is 1. The van der Waals surface area contributed by atoms with Crippen molar-refractivity contribution in [3.8, 4) is 6.07 Å². The maximum Gasteiger partial charge on any atom is 0.286 e. The average molecular weight is 223 g/mol. The van der Waals surface area contributed by atoms with Crippen LogP contribution in [0.3, 0.4) is 0 Å². The molecule has 0 saturated heterocycles. The summed E-state index contributed by atoms with van der Waals surface area (Å²) < 4.78 is 0. The topological polar surface area (TPSA) is 91.3 Å². The number of nitriles is 1. The van der Waals surface area contributed by atoms with Crippen LogP contribution in [0.2, 0.25) is 5.02 Å². The summed E-state index contributed by atoms with van der Waals surface area (Å²) in [5, 5.41) is 14.4. The number of amides is 1. The Morgan fingerprint density at radius 3 is 2.87 bits per heavy atom. The molecule has 5 nitrogen and oxygen atoms in total. The van der Waals surface area contributed by atoms with E-state index in [0.29, 0.717) is 10.7 Å². The Balaban J connectivity index is 2.80. The molecule has 3 N–H and O–H groups in total. The minimum atomic E-state index is -0.665. The Morgan fingerprint density at radius 2 is 2.33 bits per heavy atom. The second-order valence-corrected chi connectivity index (χ2v) is 2.99. The zero-order chi connectivity index (χ0) is 11.3. The molecule has 0 aliphatic rings. The Morgan fingerprint density at radius 1 is 1.60 bits per heavy atom. The van der Waals surface area contributed by atoms with Crippen molar-refractivity contribution in [3.05, 3.63) is 29.3 Å². The van der Waals surface area contributed by atoms with Crippen LogP contribution in [0.4, 0.5) is 5.69 Å². The molecule has 0 bridgehead atoms. The molecule has 0 aliphatic carbocycles. The number of nitrogens with two attached hydrogens (primary N) is 1. The van der Waals surface area contributed by atoms with E-state index in [1.54, 1.807) is 30.3 Å². The maximum absolute atomic E-state index is 11.3. The van der Waals surface area contributed by atoms with E-state index in [9.17, 15) is 4.79 Å². The molecule has 1 rings (SSSR count). The summed E-state index contributed by atoms with van der Waals surface area (Å²) >= 11 is 5.70. The van der Waals surface area contributed by atoms with E-state index < -0.39 is 11.6 Å². The van der Waals surface area contributed by atoms with Gasteiger partial charge in [0.15, 0.2) is 0 Å². The molecule has 0 radical (unpaired) electrons. The van der Waals surface area contributed by atoms with E-state index >= 15 is 0 Å². The van der Waals surface area contributed by atoms with Crippen molar-refractivity contribution in [2.45, 2.75) is 0 Å². The molecule has 1 aromatic carbocycles. The predicted octanol–water partition coefficient (Wildman–Crippen LogP) is 1.12. The highest BCUT2D eigenvalue weighted by Crippen LogP contribution is 2.14. The van der Waals surface area contributed by atoms with E-state index in [4.69, 9.17) is 22.7 Å². The first-order chi connectivity index (χ1) is 7.17. The summed E-state index contributed by atoms with van der Waals surface area (Å²) in [4.78, 5) is 11.3. The van der Waals surface area contributed by atoms with Crippen LogP contribution in [0.15, 0.2) is 29.4 Å². The molecule has 1 amide bonds. The summed E-state index contributed by atoms with van der Waals surface area (Å²) in [7, 11) is 0. The number of nitrogens with one attached hydrogen (secondary N) is 1. The van der Waals surface area contributed by atoms with Crippen molar-refractivity contribution in [2.75, 3.05) is 5.32 Å². The van der Waals surface area contributed by atoms with Crippen LogP contribution >= 0.6 is 11.6 Å². The largest absolute Gasteiger partial charge is 0.322 e. The van der Waals surface area contributed by atoms with Gasteiger partial charge in [0.05, 0.1) is 0 Å². The van der Waals surface area contributed by atoms with Crippen molar-refractivity contribution in [1.82, 2.24) is 0 Å². The third kappa shape index (κ3) is 2.97. The van der Waals surface area contributed by atoms with Gasteiger partial charge >= 0.3 is 0 Å². The molecule has 6 heteroatoms. The number of hydrogen-bond donors (Lipinski definition) is 2. The van der Waals surface area contributed by atoms with Gasteiger partial charge in [0.1, 0.15) is 6.07 Å². The highest BCUT2D eigenvalue weighted by atomic mass is 35.5. The van der Waals surface area contributed by atoms with Gasteiger partial charge in [0, 0.05) is 10.7 Å². The molecule has 0 fully saturated rings. The van der Waals surface area contributed by atoms with Gasteiger partial charge in [0.2, 0.25) is 5.71 Å². The van der Waals surface area contributed by atoms with Gasteiger partial charge < -0.3 is 11.2 Å². The Bertz CT molecular complexity index is 450. The van der Waals surface area contributed by atoms with Crippen LogP contribution in [0.25, 0.3) is 0 Å². The number of anilines is 1.